The first-order valence-corrected chi connectivity index (χ1v) is 7.86. The normalized spacial score (nSPS) is 12.7. The van der Waals surface area contributed by atoms with E-state index in [9.17, 15) is 5.11 Å². The minimum atomic E-state index is -1.63. The van der Waals surface area contributed by atoms with Crippen molar-refractivity contribution in [2.24, 2.45) is 0 Å². The summed E-state index contributed by atoms with van der Waals surface area (Å²) in [4.78, 5) is 0. The zero-order valence-electron chi connectivity index (χ0n) is 9.67. The van der Waals surface area contributed by atoms with Crippen molar-refractivity contribution in [2.45, 2.75) is 45.8 Å². The lowest BCUT2D eigenvalue weighted by molar-refractivity contribution is 0.0917. The Balaban J connectivity index is 4.23. The van der Waals surface area contributed by atoms with Crippen LogP contribution in [0.2, 0.25) is 18.1 Å². The summed E-state index contributed by atoms with van der Waals surface area (Å²) in [5.74, 6) is -0.111. The fourth-order valence-corrected chi connectivity index (χ4v) is 3.71. The van der Waals surface area contributed by atoms with E-state index >= 15 is 0 Å². The van der Waals surface area contributed by atoms with Crippen molar-refractivity contribution >= 4 is 8.32 Å². The van der Waals surface area contributed by atoms with Gasteiger partial charge in [-0.05, 0) is 25.1 Å². The second kappa shape index (κ2) is 6.76. The Morgan fingerprint density at radius 2 is 1.64 bits per heavy atom. The van der Waals surface area contributed by atoms with Crippen molar-refractivity contribution in [2.75, 3.05) is 6.61 Å². The molecule has 0 aromatic rings. The maximum absolute atomic E-state index is 9.24. The highest BCUT2D eigenvalue weighted by Crippen LogP contribution is 2.22. The molecule has 0 bridgehead atoms. The molecule has 0 heterocycles. The molecule has 0 rings (SSSR count). The fourth-order valence-electron chi connectivity index (χ4n) is 1.36. The van der Waals surface area contributed by atoms with Crippen LogP contribution in [0, 0.1) is 0 Å². The number of aliphatic hydroxyl groups excluding tert-OH is 1. The summed E-state index contributed by atoms with van der Waals surface area (Å²) in [5.41, 5.74) is 0. The lowest BCUT2D eigenvalue weighted by Gasteiger charge is -2.26. The summed E-state index contributed by atoms with van der Waals surface area (Å²) in [6, 6.07) is 3.20. The van der Waals surface area contributed by atoms with Gasteiger partial charge in [-0.2, -0.15) is 0 Å². The van der Waals surface area contributed by atoms with Gasteiger partial charge in [0.2, 0.25) is 8.32 Å². The van der Waals surface area contributed by atoms with Crippen molar-refractivity contribution in [1.82, 2.24) is 0 Å². The number of ether oxygens (including phenoxy) is 1. The van der Waals surface area contributed by atoms with Gasteiger partial charge in [-0.1, -0.05) is 20.8 Å². The van der Waals surface area contributed by atoms with E-state index < -0.39 is 8.32 Å². The van der Waals surface area contributed by atoms with E-state index in [0.717, 1.165) is 18.1 Å². The molecule has 0 saturated heterocycles. The minimum Gasteiger partial charge on any atom is -0.544 e. The van der Waals surface area contributed by atoms with Crippen molar-refractivity contribution in [3.05, 3.63) is 12.2 Å². The summed E-state index contributed by atoms with van der Waals surface area (Å²) < 4.78 is 10.6. The van der Waals surface area contributed by atoms with Crippen molar-refractivity contribution in [3.8, 4) is 0 Å². The Morgan fingerprint density at radius 3 is 2.00 bits per heavy atom. The third-order valence-corrected chi connectivity index (χ3v) is 7.12. The van der Waals surface area contributed by atoms with Gasteiger partial charge in [0.15, 0.2) is 0 Å². The number of rotatable bonds is 7. The fraction of sp³-hybridized carbons (Fsp3) is 0.800. The van der Waals surface area contributed by atoms with Gasteiger partial charge in [0.1, 0.15) is 6.26 Å². The lowest BCUT2D eigenvalue weighted by atomic mass is 10.8. The predicted molar refractivity (Wildman–Crippen MR) is 60.6 cm³/mol. The van der Waals surface area contributed by atoms with Gasteiger partial charge in [0.25, 0.3) is 0 Å². The molecule has 0 fully saturated rings. The Kier molecular flexibility index (Phi) is 6.45. The molecular weight excluding hydrogens is 196 g/mol. The van der Waals surface area contributed by atoms with Gasteiger partial charge in [0, 0.05) is 0 Å². The molecule has 84 valence electrons. The van der Waals surface area contributed by atoms with Crippen molar-refractivity contribution < 1.29 is 14.3 Å². The van der Waals surface area contributed by atoms with Gasteiger partial charge in [-0.25, -0.2) is 0 Å². The van der Waals surface area contributed by atoms with Crippen LogP contribution in [-0.2, 0) is 9.16 Å². The highest BCUT2D eigenvalue weighted by Gasteiger charge is 2.29. The van der Waals surface area contributed by atoms with Gasteiger partial charge in [-0.3, -0.25) is 0 Å². The van der Waals surface area contributed by atoms with Crippen LogP contribution in [-0.4, -0.2) is 20.0 Å². The molecule has 0 radical (unpaired) electrons. The van der Waals surface area contributed by atoms with Crippen LogP contribution >= 0.6 is 0 Å². The summed E-state index contributed by atoms with van der Waals surface area (Å²) in [6.45, 7) is 8.72. The average molecular weight is 218 g/mol. The summed E-state index contributed by atoms with van der Waals surface area (Å²) >= 11 is 0. The maximum atomic E-state index is 9.24. The molecule has 0 unspecified atom stereocenters. The van der Waals surface area contributed by atoms with E-state index in [1.807, 2.05) is 6.92 Å². The molecule has 1 N–H and O–H groups in total. The van der Waals surface area contributed by atoms with E-state index in [1.165, 1.54) is 6.26 Å². The molecule has 3 nitrogen and oxygen atoms in total. The lowest BCUT2D eigenvalue weighted by Crippen LogP contribution is -2.33. The summed E-state index contributed by atoms with van der Waals surface area (Å²) in [5, 5.41) is 9.24. The first-order valence-electron chi connectivity index (χ1n) is 5.33. The SMILES string of the molecule is CCO/C(O)=C\O[Si](CC)(CC)CC. The smallest absolute Gasteiger partial charge is 0.311 e. The minimum absolute atomic E-state index is 0.111. The summed E-state index contributed by atoms with van der Waals surface area (Å²) in [7, 11) is -1.63. The standard InChI is InChI=1S/C10H22O3Si/c1-5-12-10(11)9-13-14(6-2,7-3)8-4/h9,11H,5-8H2,1-4H3/b10-9-. The molecule has 0 aromatic heterocycles. The third-order valence-electron chi connectivity index (χ3n) is 2.63. The van der Waals surface area contributed by atoms with Crippen LogP contribution in [0.5, 0.6) is 0 Å². The Labute approximate surface area is 87.9 Å². The summed E-state index contributed by atoms with van der Waals surface area (Å²) in [6.07, 6.45) is 1.37. The molecule has 14 heavy (non-hydrogen) atoms. The van der Waals surface area contributed by atoms with E-state index in [2.05, 4.69) is 20.8 Å². The first-order chi connectivity index (χ1) is 6.64. The second-order valence-electron chi connectivity index (χ2n) is 3.25. The maximum Gasteiger partial charge on any atom is 0.311 e. The predicted octanol–water partition coefficient (Wildman–Crippen LogP) is 3.40. The van der Waals surface area contributed by atoms with Gasteiger partial charge in [-0.15, -0.1) is 0 Å². The quantitative estimate of drug-likeness (QED) is 0.526. The number of hydrogen-bond donors (Lipinski definition) is 1. The Morgan fingerprint density at radius 1 is 1.14 bits per heavy atom. The highest BCUT2D eigenvalue weighted by atomic mass is 28.4. The van der Waals surface area contributed by atoms with E-state index in [-0.39, 0.29) is 5.95 Å². The van der Waals surface area contributed by atoms with Crippen LogP contribution in [0.1, 0.15) is 27.7 Å². The molecule has 0 saturated carbocycles. The molecule has 0 aromatic carbocycles. The monoisotopic (exact) mass is 218 g/mol. The molecular formula is C10H22O3Si. The molecule has 4 heteroatoms. The highest BCUT2D eigenvalue weighted by molar-refractivity contribution is 6.73. The van der Waals surface area contributed by atoms with E-state index in [0.29, 0.717) is 6.61 Å². The first kappa shape index (κ1) is 13.4. The van der Waals surface area contributed by atoms with Crippen molar-refractivity contribution in [1.29, 1.82) is 0 Å². The van der Waals surface area contributed by atoms with E-state index in [1.54, 1.807) is 0 Å². The van der Waals surface area contributed by atoms with Crippen LogP contribution in [0.3, 0.4) is 0 Å². The molecule has 0 spiro atoms. The molecule has 0 aliphatic carbocycles. The number of hydrogen-bond acceptors (Lipinski definition) is 3. The number of aliphatic hydroxyl groups is 1. The Bertz CT molecular complexity index is 168. The topological polar surface area (TPSA) is 38.7 Å². The second-order valence-corrected chi connectivity index (χ2v) is 7.97. The molecule has 0 atom stereocenters. The Hall–Kier alpha value is -0.643. The van der Waals surface area contributed by atoms with Crippen molar-refractivity contribution in [3.63, 3.8) is 0 Å². The molecule has 0 amide bonds. The van der Waals surface area contributed by atoms with Gasteiger partial charge < -0.3 is 14.3 Å². The molecule has 0 aliphatic heterocycles. The van der Waals surface area contributed by atoms with Crippen LogP contribution in [0.4, 0.5) is 0 Å². The third kappa shape index (κ3) is 4.04. The van der Waals surface area contributed by atoms with Gasteiger partial charge in [0.05, 0.1) is 6.61 Å². The van der Waals surface area contributed by atoms with Crippen LogP contribution < -0.4 is 0 Å². The zero-order valence-corrected chi connectivity index (χ0v) is 10.7. The van der Waals surface area contributed by atoms with E-state index in [4.69, 9.17) is 9.16 Å². The van der Waals surface area contributed by atoms with Crippen LogP contribution in [0.25, 0.3) is 0 Å². The zero-order chi connectivity index (χ0) is 11.0. The van der Waals surface area contributed by atoms with Gasteiger partial charge >= 0.3 is 5.95 Å². The van der Waals surface area contributed by atoms with Crippen LogP contribution in [0.15, 0.2) is 12.2 Å². The average Bonchev–Trinajstić information content (AvgIpc) is 2.21. The molecule has 0 aliphatic rings. The largest absolute Gasteiger partial charge is 0.544 e.